The molecule has 0 bridgehead atoms. The summed E-state index contributed by atoms with van der Waals surface area (Å²) >= 11 is 7.02. The van der Waals surface area contributed by atoms with Crippen LogP contribution in [0, 0.1) is 0 Å². The molecule has 0 unspecified atom stereocenters. The largest absolute Gasteiger partial charge is 0.492 e. The molecule has 2 aromatic rings. The van der Waals surface area contributed by atoms with Crippen LogP contribution in [0.4, 0.5) is 5.69 Å². The fourth-order valence-electron chi connectivity index (χ4n) is 1.60. The lowest BCUT2D eigenvalue weighted by molar-refractivity contribution is 0.336. The summed E-state index contributed by atoms with van der Waals surface area (Å²) < 4.78 is 7.38. The first-order valence-corrected chi connectivity index (χ1v) is 7.50. The molecule has 0 heterocycles. The van der Waals surface area contributed by atoms with Crippen LogP contribution in [0.2, 0.25) is 0 Å². The van der Waals surface area contributed by atoms with E-state index in [2.05, 4.69) is 36.9 Å². The van der Waals surface area contributed by atoms with E-state index in [1.165, 1.54) is 0 Å². The average molecular weight is 383 g/mol. The lowest BCUT2D eigenvalue weighted by Crippen LogP contribution is -1.94. The van der Waals surface area contributed by atoms with E-state index in [9.17, 15) is 0 Å². The van der Waals surface area contributed by atoms with Crippen LogP contribution in [0.3, 0.4) is 0 Å². The Kier molecular flexibility index (Phi) is 5.16. The van der Waals surface area contributed by atoms with Gasteiger partial charge in [0.05, 0.1) is 21.2 Å². The topological polar surface area (TPSA) is 21.6 Å². The molecule has 0 saturated carbocycles. The third kappa shape index (κ3) is 3.91. The van der Waals surface area contributed by atoms with Crippen LogP contribution in [-0.4, -0.2) is 12.8 Å². The number of para-hydroxylation sites is 1. The van der Waals surface area contributed by atoms with Crippen molar-refractivity contribution < 1.29 is 4.74 Å². The Labute approximate surface area is 129 Å². The molecule has 0 amide bonds. The number of aliphatic imine (C=N–C) groups is 1. The predicted molar refractivity (Wildman–Crippen MR) is 86.7 cm³/mol. The monoisotopic (exact) mass is 381 g/mol. The quantitative estimate of drug-likeness (QED) is 0.652. The summed E-state index contributed by atoms with van der Waals surface area (Å²) in [5, 5.41) is 0. The second-order valence-electron chi connectivity index (χ2n) is 3.84. The highest BCUT2D eigenvalue weighted by molar-refractivity contribution is 9.11. The van der Waals surface area contributed by atoms with Crippen LogP contribution in [-0.2, 0) is 0 Å². The highest BCUT2D eigenvalue weighted by Crippen LogP contribution is 2.34. The minimum atomic E-state index is 0.634. The summed E-state index contributed by atoms with van der Waals surface area (Å²) in [6.45, 7) is 2.60. The summed E-state index contributed by atoms with van der Waals surface area (Å²) in [6.07, 6.45) is 1.83. The van der Waals surface area contributed by atoms with Crippen LogP contribution >= 0.6 is 31.9 Å². The van der Waals surface area contributed by atoms with Crippen molar-refractivity contribution in [3.05, 3.63) is 57.0 Å². The minimum Gasteiger partial charge on any atom is -0.492 e. The van der Waals surface area contributed by atoms with Gasteiger partial charge < -0.3 is 4.74 Å². The lowest BCUT2D eigenvalue weighted by atomic mass is 10.2. The molecule has 0 aliphatic heterocycles. The molecule has 0 aliphatic carbocycles. The van der Waals surface area contributed by atoms with Gasteiger partial charge in [0, 0.05) is 6.21 Å². The van der Waals surface area contributed by atoms with Gasteiger partial charge in [-0.05, 0) is 68.6 Å². The zero-order chi connectivity index (χ0) is 13.7. The van der Waals surface area contributed by atoms with Crippen molar-refractivity contribution in [2.24, 2.45) is 4.99 Å². The van der Waals surface area contributed by atoms with E-state index in [0.717, 1.165) is 25.9 Å². The van der Waals surface area contributed by atoms with E-state index >= 15 is 0 Å². The third-order valence-corrected chi connectivity index (χ3v) is 3.61. The van der Waals surface area contributed by atoms with Crippen LogP contribution in [0.1, 0.15) is 12.5 Å². The van der Waals surface area contributed by atoms with Gasteiger partial charge in [-0.15, -0.1) is 0 Å². The first-order chi connectivity index (χ1) is 9.20. The first-order valence-electron chi connectivity index (χ1n) is 5.91. The Morgan fingerprint density at radius 1 is 1.11 bits per heavy atom. The fraction of sp³-hybridized carbons (Fsp3) is 0.133. The molecule has 4 heteroatoms. The smallest absolute Gasteiger partial charge is 0.147 e. The number of ether oxygens (including phenoxy) is 1. The molecule has 2 nitrogen and oxygen atoms in total. The summed E-state index contributed by atoms with van der Waals surface area (Å²) in [5.41, 5.74) is 1.94. The number of hydrogen-bond donors (Lipinski definition) is 0. The van der Waals surface area contributed by atoms with E-state index in [-0.39, 0.29) is 0 Å². The minimum absolute atomic E-state index is 0.634. The first kappa shape index (κ1) is 14.3. The van der Waals surface area contributed by atoms with Crippen molar-refractivity contribution in [3.63, 3.8) is 0 Å². The van der Waals surface area contributed by atoms with Gasteiger partial charge in [0.25, 0.3) is 0 Å². The molecule has 2 rings (SSSR count). The molecule has 0 atom stereocenters. The maximum atomic E-state index is 5.55. The Morgan fingerprint density at radius 3 is 2.32 bits per heavy atom. The van der Waals surface area contributed by atoms with Gasteiger partial charge in [-0.25, -0.2) is 0 Å². The van der Waals surface area contributed by atoms with Gasteiger partial charge in [-0.2, -0.15) is 0 Å². The molecule has 0 fully saturated rings. The molecular weight excluding hydrogens is 370 g/mol. The van der Waals surface area contributed by atoms with Gasteiger partial charge in [-0.1, -0.05) is 18.2 Å². The molecule has 0 aliphatic rings. The molecule has 0 aromatic heterocycles. The van der Waals surface area contributed by atoms with Crippen molar-refractivity contribution in [1.82, 2.24) is 0 Å². The molecule has 98 valence electrons. The molecule has 19 heavy (non-hydrogen) atoms. The van der Waals surface area contributed by atoms with Gasteiger partial charge in [0.15, 0.2) is 0 Å². The van der Waals surface area contributed by atoms with Crippen molar-refractivity contribution in [3.8, 4) is 5.75 Å². The maximum Gasteiger partial charge on any atom is 0.147 e. The molecule has 0 radical (unpaired) electrons. The van der Waals surface area contributed by atoms with Crippen molar-refractivity contribution in [2.75, 3.05) is 6.61 Å². The van der Waals surface area contributed by atoms with E-state index in [1.807, 2.05) is 55.6 Å². The van der Waals surface area contributed by atoms with Gasteiger partial charge in [0.2, 0.25) is 0 Å². The normalized spacial score (nSPS) is 10.9. The number of halogens is 2. The Balaban J connectivity index is 2.25. The van der Waals surface area contributed by atoms with E-state index in [1.54, 1.807) is 0 Å². The Morgan fingerprint density at radius 2 is 1.74 bits per heavy atom. The zero-order valence-corrected chi connectivity index (χ0v) is 13.6. The Bertz CT molecular complexity index is 559. The van der Waals surface area contributed by atoms with Crippen LogP contribution < -0.4 is 4.74 Å². The van der Waals surface area contributed by atoms with Gasteiger partial charge >= 0.3 is 0 Å². The SMILES string of the molecule is CCOc1c(Br)cc(C=Nc2ccccc2)cc1Br. The summed E-state index contributed by atoms with van der Waals surface area (Å²) in [5.74, 6) is 0.819. The van der Waals surface area contributed by atoms with Crippen LogP contribution in [0.15, 0.2) is 56.4 Å². The summed E-state index contributed by atoms with van der Waals surface area (Å²) in [7, 11) is 0. The van der Waals surface area contributed by atoms with E-state index in [4.69, 9.17) is 4.74 Å². The summed E-state index contributed by atoms with van der Waals surface area (Å²) in [6, 6.07) is 13.8. The second kappa shape index (κ2) is 6.87. The molecule has 0 saturated heterocycles. The van der Waals surface area contributed by atoms with Crippen molar-refractivity contribution in [1.29, 1.82) is 0 Å². The Hall–Kier alpha value is -1.13. The van der Waals surface area contributed by atoms with E-state index in [0.29, 0.717) is 6.61 Å². The number of hydrogen-bond acceptors (Lipinski definition) is 2. The second-order valence-corrected chi connectivity index (χ2v) is 5.55. The molecular formula is C15H13Br2NO. The van der Waals surface area contributed by atoms with Crippen LogP contribution in [0.5, 0.6) is 5.75 Å². The van der Waals surface area contributed by atoms with Crippen LogP contribution in [0.25, 0.3) is 0 Å². The molecule has 2 aromatic carbocycles. The lowest BCUT2D eigenvalue weighted by Gasteiger charge is -2.09. The average Bonchev–Trinajstić information content (AvgIpc) is 2.42. The zero-order valence-electron chi connectivity index (χ0n) is 10.4. The molecule has 0 N–H and O–H groups in total. The number of nitrogens with zero attached hydrogens (tertiary/aromatic N) is 1. The van der Waals surface area contributed by atoms with E-state index < -0.39 is 0 Å². The maximum absolute atomic E-state index is 5.55. The molecule has 0 spiro atoms. The highest BCUT2D eigenvalue weighted by Gasteiger charge is 2.07. The van der Waals surface area contributed by atoms with Crippen molar-refractivity contribution in [2.45, 2.75) is 6.92 Å². The highest BCUT2D eigenvalue weighted by atomic mass is 79.9. The number of benzene rings is 2. The standard InChI is InChI=1S/C15H13Br2NO/c1-2-19-15-13(16)8-11(9-14(15)17)10-18-12-6-4-3-5-7-12/h3-10H,2H2,1H3. The van der Waals surface area contributed by atoms with Gasteiger partial charge in [-0.3, -0.25) is 4.99 Å². The fourth-order valence-corrected chi connectivity index (χ4v) is 3.05. The van der Waals surface area contributed by atoms with Crippen molar-refractivity contribution >= 4 is 43.8 Å². The number of rotatable bonds is 4. The third-order valence-electron chi connectivity index (χ3n) is 2.43. The van der Waals surface area contributed by atoms with Gasteiger partial charge in [0.1, 0.15) is 5.75 Å². The summed E-state index contributed by atoms with van der Waals surface area (Å²) in [4.78, 5) is 4.43. The predicted octanol–water partition coefficient (Wildman–Crippen LogP) is 5.36.